The van der Waals surface area contributed by atoms with E-state index >= 15 is 0 Å². The summed E-state index contributed by atoms with van der Waals surface area (Å²) in [6.45, 7) is 3.93. The first-order valence-corrected chi connectivity index (χ1v) is 10.7. The summed E-state index contributed by atoms with van der Waals surface area (Å²) >= 11 is 0. The van der Waals surface area contributed by atoms with Crippen LogP contribution in [0.3, 0.4) is 0 Å². The third kappa shape index (κ3) is 2.82. The molecule has 0 saturated heterocycles. The van der Waals surface area contributed by atoms with Gasteiger partial charge in [0.2, 0.25) is 0 Å². The van der Waals surface area contributed by atoms with Gasteiger partial charge in [-0.05, 0) is 55.0 Å². The van der Waals surface area contributed by atoms with E-state index in [0.717, 1.165) is 22.0 Å². The average molecular weight is 426 g/mol. The van der Waals surface area contributed by atoms with Crippen molar-refractivity contribution < 1.29 is 5.11 Å². The number of nitrogens with zero attached hydrogens (tertiary/aromatic N) is 5. The van der Waals surface area contributed by atoms with Crippen molar-refractivity contribution in [2.24, 2.45) is 11.8 Å². The van der Waals surface area contributed by atoms with Crippen molar-refractivity contribution in [3.63, 3.8) is 0 Å². The number of pyridine rings is 1. The number of hydrogen-bond donors (Lipinski definition) is 2. The van der Waals surface area contributed by atoms with Crippen molar-refractivity contribution >= 4 is 27.6 Å². The zero-order chi connectivity index (χ0) is 22.1. The molecule has 3 atom stereocenters. The average Bonchev–Trinajstić information content (AvgIpc) is 3.63. The Bertz CT molecular complexity index is 1530. The first kappa shape index (κ1) is 19.0. The second kappa shape index (κ2) is 6.65. The largest absolute Gasteiger partial charge is 0.383 e. The van der Waals surface area contributed by atoms with Gasteiger partial charge in [0.25, 0.3) is 5.56 Å². The number of nitrogens with two attached hydrogens (primary N) is 1. The number of hydrogen-bond acceptors (Lipinski definition) is 6. The van der Waals surface area contributed by atoms with Gasteiger partial charge < -0.3 is 15.4 Å². The summed E-state index contributed by atoms with van der Waals surface area (Å²) in [5.41, 5.74) is 9.02. The Kier molecular flexibility index (Phi) is 3.95. The van der Waals surface area contributed by atoms with Crippen LogP contribution in [0.4, 0.5) is 5.82 Å². The zero-order valence-corrected chi connectivity index (χ0v) is 17.8. The first-order chi connectivity index (χ1) is 15.4. The smallest absolute Gasteiger partial charge is 0.259 e. The quantitative estimate of drug-likeness (QED) is 0.485. The predicted molar refractivity (Wildman–Crippen MR) is 121 cm³/mol. The highest BCUT2D eigenvalue weighted by atomic mass is 16.3. The minimum absolute atomic E-state index is 0.0625. The van der Waals surface area contributed by atoms with E-state index in [4.69, 9.17) is 5.73 Å². The molecule has 2 aliphatic rings. The highest BCUT2D eigenvalue weighted by molar-refractivity contribution is 5.90. The van der Waals surface area contributed by atoms with E-state index in [-0.39, 0.29) is 17.4 Å². The minimum Gasteiger partial charge on any atom is -0.383 e. The molecule has 32 heavy (non-hydrogen) atoms. The number of aromatic nitrogens is 5. The molecular weight excluding hydrogens is 404 g/mol. The Morgan fingerprint density at radius 1 is 1.28 bits per heavy atom. The SMILES string of the molecule is Cc1cccc2cc(Cn3nc(C#C[C@@H](C)O)c4c(N)ncnc43)n(C3C4CC43)c(=O)c12. The Balaban J connectivity index is 1.54. The summed E-state index contributed by atoms with van der Waals surface area (Å²) in [5.74, 6) is 7.12. The molecule has 0 spiro atoms. The van der Waals surface area contributed by atoms with Gasteiger partial charge in [-0.25, -0.2) is 14.6 Å². The lowest BCUT2D eigenvalue weighted by Crippen LogP contribution is -2.27. The number of aliphatic hydroxyl groups is 1. The lowest BCUT2D eigenvalue weighted by molar-refractivity contribution is 0.253. The maximum Gasteiger partial charge on any atom is 0.259 e. The summed E-state index contributed by atoms with van der Waals surface area (Å²) in [7, 11) is 0. The van der Waals surface area contributed by atoms with Crippen LogP contribution in [-0.4, -0.2) is 35.5 Å². The van der Waals surface area contributed by atoms with E-state index in [1.165, 1.54) is 12.7 Å². The minimum atomic E-state index is -0.795. The van der Waals surface area contributed by atoms with Gasteiger partial charge in [0, 0.05) is 11.7 Å². The summed E-state index contributed by atoms with van der Waals surface area (Å²) in [6.07, 6.45) is 1.81. The highest BCUT2D eigenvalue weighted by Gasteiger charge is 2.66. The molecule has 2 saturated carbocycles. The van der Waals surface area contributed by atoms with Gasteiger partial charge in [0.1, 0.15) is 23.9 Å². The van der Waals surface area contributed by atoms with Crippen LogP contribution in [-0.2, 0) is 6.54 Å². The van der Waals surface area contributed by atoms with Crippen LogP contribution >= 0.6 is 0 Å². The molecule has 0 bridgehead atoms. The Hall–Kier alpha value is -3.70. The van der Waals surface area contributed by atoms with Gasteiger partial charge >= 0.3 is 0 Å². The Morgan fingerprint density at radius 2 is 2.09 bits per heavy atom. The van der Waals surface area contributed by atoms with E-state index in [1.807, 2.05) is 29.7 Å². The first-order valence-electron chi connectivity index (χ1n) is 10.7. The molecule has 2 fully saturated rings. The van der Waals surface area contributed by atoms with Crippen molar-refractivity contribution in [2.75, 3.05) is 5.73 Å². The maximum absolute atomic E-state index is 13.5. The molecule has 3 N–H and O–H groups in total. The van der Waals surface area contributed by atoms with Gasteiger partial charge in [-0.15, -0.1) is 0 Å². The van der Waals surface area contributed by atoms with Crippen LogP contribution in [0.25, 0.3) is 21.8 Å². The van der Waals surface area contributed by atoms with Crippen LogP contribution in [0.15, 0.2) is 35.4 Å². The standard InChI is InChI=1S/C24H22N6O2/c1-12-4-3-5-14-8-15(30(24(32)19(12)14)21-16-9-17(16)21)10-29-23-20(22(25)26-11-27-23)18(28-29)7-6-13(2)31/h3-5,8,11,13,16-17,21,31H,9-10H2,1-2H3,(H2,25,26,27)/t13-,16?,17?,21?/m1/s1. The van der Waals surface area contributed by atoms with Crippen molar-refractivity contribution in [1.29, 1.82) is 0 Å². The van der Waals surface area contributed by atoms with E-state index in [2.05, 4.69) is 33.0 Å². The van der Waals surface area contributed by atoms with Gasteiger partial charge in [-0.3, -0.25) is 4.79 Å². The summed E-state index contributed by atoms with van der Waals surface area (Å²) in [5, 5.41) is 16.5. The van der Waals surface area contributed by atoms with E-state index < -0.39 is 6.10 Å². The fourth-order valence-electron chi connectivity index (χ4n) is 4.73. The van der Waals surface area contributed by atoms with Crippen LogP contribution in [0.5, 0.6) is 0 Å². The lowest BCUT2D eigenvalue weighted by Gasteiger charge is -2.18. The van der Waals surface area contributed by atoms with Crippen LogP contribution in [0.2, 0.25) is 0 Å². The second-order valence-electron chi connectivity index (χ2n) is 8.81. The summed E-state index contributed by atoms with van der Waals surface area (Å²) in [4.78, 5) is 22.0. The number of aryl methyl sites for hydroxylation is 1. The van der Waals surface area contributed by atoms with Gasteiger partial charge in [-0.2, -0.15) is 5.10 Å². The lowest BCUT2D eigenvalue weighted by atomic mass is 10.1. The Morgan fingerprint density at radius 3 is 2.81 bits per heavy atom. The second-order valence-corrected chi connectivity index (χ2v) is 8.81. The van der Waals surface area contributed by atoms with Crippen molar-refractivity contribution in [3.8, 4) is 11.8 Å². The molecule has 160 valence electrons. The molecule has 8 nitrogen and oxygen atoms in total. The molecule has 2 aliphatic carbocycles. The molecule has 3 aromatic heterocycles. The van der Waals surface area contributed by atoms with Crippen LogP contribution in [0, 0.1) is 30.6 Å². The van der Waals surface area contributed by atoms with E-state index in [9.17, 15) is 9.90 Å². The molecule has 6 rings (SSSR count). The molecule has 0 radical (unpaired) electrons. The van der Waals surface area contributed by atoms with Gasteiger partial charge in [-0.1, -0.05) is 24.1 Å². The number of fused-ring (bicyclic) bond motifs is 3. The van der Waals surface area contributed by atoms with Crippen LogP contribution < -0.4 is 11.3 Å². The normalized spacial score (nSPS) is 21.8. The number of benzene rings is 1. The van der Waals surface area contributed by atoms with Crippen molar-refractivity contribution in [1.82, 2.24) is 24.3 Å². The summed E-state index contributed by atoms with van der Waals surface area (Å²) < 4.78 is 3.69. The van der Waals surface area contributed by atoms with Crippen LogP contribution in [0.1, 0.15) is 36.3 Å². The van der Waals surface area contributed by atoms with E-state index in [1.54, 1.807) is 11.6 Å². The van der Waals surface area contributed by atoms with Crippen molar-refractivity contribution in [2.45, 2.75) is 39.0 Å². The molecular formula is C24H22N6O2. The summed E-state index contributed by atoms with van der Waals surface area (Å²) in [6, 6.07) is 8.29. The molecule has 4 aromatic rings. The number of aliphatic hydroxyl groups excluding tert-OH is 1. The molecule has 0 aliphatic heterocycles. The predicted octanol–water partition coefficient (Wildman–Crippen LogP) is 2.00. The van der Waals surface area contributed by atoms with E-state index in [0.29, 0.717) is 35.1 Å². The highest BCUT2D eigenvalue weighted by Crippen LogP contribution is 2.71. The fourth-order valence-corrected chi connectivity index (χ4v) is 4.73. The van der Waals surface area contributed by atoms with Gasteiger partial charge in [0.15, 0.2) is 5.65 Å². The molecule has 0 amide bonds. The maximum atomic E-state index is 13.5. The van der Waals surface area contributed by atoms with Crippen molar-refractivity contribution in [3.05, 3.63) is 57.9 Å². The Labute approximate surface area is 183 Å². The zero-order valence-electron chi connectivity index (χ0n) is 17.8. The molecule has 2 unspecified atom stereocenters. The molecule has 1 aromatic carbocycles. The molecule has 3 heterocycles. The number of anilines is 1. The third-order valence-electron chi connectivity index (χ3n) is 6.56. The third-order valence-corrected chi connectivity index (χ3v) is 6.56. The monoisotopic (exact) mass is 426 g/mol. The topological polar surface area (TPSA) is 112 Å². The number of nitrogen functional groups attached to an aromatic ring is 1. The molecule has 8 heteroatoms. The number of rotatable bonds is 3. The van der Waals surface area contributed by atoms with Gasteiger partial charge in [0.05, 0.1) is 17.3 Å². The fraction of sp³-hybridized carbons (Fsp3) is 0.333.